The van der Waals surface area contributed by atoms with Gasteiger partial charge in [-0.05, 0) is 86.0 Å². The zero-order chi connectivity index (χ0) is 20.3. The third-order valence-corrected chi connectivity index (χ3v) is 7.94. The molecule has 4 aliphatic carbocycles. The van der Waals surface area contributed by atoms with Gasteiger partial charge < -0.3 is 6.33 Å². The molecule has 0 atom stereocenters. The molecule has 1 heterocycles. The molecule has 5 aliphatic rings. The van der Waals surface area contributed by atoms with Gasteiger partial charge in [-0.15, -0.1) is 0 Å². The van der Waals surface area contributed by atoms with Crippen LogP contribution in [0.1, 0.15) is 46.4 Å². The molecule has 7 rings (SSSR count). The van der Waals surface area contributed by atoms with Crippen molar-refractivity contribution in [2.24, 2.45) is 23.2 Å². The van der Waals surface area contributed by atoms with Crippen LogP contribution in [-0.2, 0) is 9.59 Å². The van der Waals surface area contributed by atoms with E-state index in [-0.39, 0.29) is 54.6 Å². The Hall–Kier alpha value is -1.62. The molecule has 0 radical (unpaired) electrons. The Balaban J connectivity index is 0.00000122. The first-order chi connectivity index (χ1) is 14.6. The molecule has 156 valence electrons. The van der Waals surface area contributed by atoms with Crippen LogP contribution in [0.3, 0.4) is 0 Å². The van der Waals surface area contributed by atoms with E-state index in [0.717, 1.165) is 41.4 Å². The molecule has 0 unspecified atom stereocenters. The minimum absolute atomic E-state index is 0. The second-order valence-corrected chi connectivity index (χ2v) is 10.1. The van der Waals surface area contributed by atoms with Crippen molar-refractivity contribution in [1.82, 2.24) is 0 Å². The molecule has 31 heavy (non-hydrogen) atoms. The van der Waals surface area contributed by atoms with Crippen molar-refractivity contribution in [3.8, 4) is 0 Å². The first-order valence-electron chi connectivity index (χ1n) is 11.4. The Morgan fingerprint density at radius 1 is 0.774 bits per heavy atom. The molecule has 4 bridgehead atoms. The van der Waals surface area contributed by atoms with Crippen LogP contribution in [0.4, 0.5) is 17.1 Å². The summed E-state index contributed by atoms with van der Waals surface area (Å²) in [6.07, 6.45) is 7.86. The van der Waals surface area contributed by atoms with Crippen LogP contribution in [0.2, 0.25) is 0 Å². The van der Waals surface area contributed by atoms with Gasteiger partial charge in [-0.3, -0.25) is 14.5 Å². The number of fused-ring (bicyclic) bond motifs is 1. The molecule has 1 aliphatic heterocycles. The van der Waals surface area contributed by atoms with Crippen molar-refractivity contribution in [2.45, 2.75) is 44.9 Å². The minimum atomic E-state index is -0.147. The second-order valence-electron chi connectivity index (χ2n) is 10.1. The quantitative estimate of drug-likeness (QED) is 0.561. The van der Waals surface area contributed by atoms with Crippen LogP contribution in [-0.4, -0.2) is 18.4 Å². The summed E-state index contributed by atoms with van der Waals surface area (Å²) in [7, 11) is 0. The predicted octanol–water partition coefficient (Wildman–Crippen LogP) is 2.42. The fourth-order valence-corrected chi connectivity index (χ4v) is 7.31. The number of anilines is 3. The molecule has 4 fully saturated rings. The van der Waals surface area contributed by atoms with Gasteiger partial charge in [0.1, 0.15) is 6.42 Å². The van der Waals surface area contributed by atoms with E-state index in [9.17, 15) is 9.59 Å². The maximum absolute atomic E-state index is 13.4. The Kier molecular flexibility index (Phi) is 5.52. The Bertz CT molecular complexity index is 977. The first-order valence-corrected chi connectivity index (χ1v) is 11.4. The molecular weight excluding hydrogens is 395 g/mol. The Morgan fingerprint density at radius 2 is 1.32 bits per heavy atom. The number of rotatable bonds is 3. The van der Waals surface area contributed by atoms with E-state index >= 15 is 0 Å². The second kappa shape index (κ2) is 8.06. The van der Waals surface area contributed by atoms with Gasteiger partial charge in [0.15, 0.2) is 0 Å². The first kappa shape index (κ1) is 21.2. The summed E-state index contributed by atoms with van der Waals surface area (Å²) in [5.41, 5.74) is 2.76. The van der Waals surface area contributed by atoms with Crippen LogP contribution in [0.25, 0.3) is 0 Å². The van der Waals surface area contributed by atoms with Gasteiger partial charge in [-0.1, -0.05) is 30.3 Å². The van der Waals surface area contributed by atoms with Crippen LogP contribution in [0.5, 0.6) is 0 Å². The average molecular weight is 425 g/mol. The van der Waals surface area contributed by atoms with Crippen LogP contribution >= 0.6 is 0 Å². The van der Waals surface area contributed by atoms with Gasteiger partial charge in [-0.25, -0.2) is 0 Å². The van der Waals surface area contributed by atoms with E-state index in [4.69, 9.17) is 0 Å². The van der Waals surface area contributed by atoms with Crippen molar-refractivity contribution in [2.75, 3.05) is 16.3 Å². The van der Waals surface area contributed by atoms with Crippen molar-refractivity contribution in [1.29, 1.82) is 0 Å². The topological polar surface area (TPSA) is 40.6 Å². The molecule has 2 aromatic rings. The third-order valence-electron chi connectivity index (χ3n) is 7.94. The Labute approximate surface area is 207 Å². The minimum Gasteiger partial charge on any atom is -1.00 e. The van der Waals surface area contributed by atoms with Gasteiger partial charge in [0.25, 0.3) is 0 Å². The SMILES string of the molecule is O=C1CC(=O)N(c2ccccc2)c2ccccc2N1CC12CC3CC(CC(C3)C1)C2.[H-].[Na+]. The number of nitrogens with zero attached hydrogens (tertiary/aromatic N) is 2. The smallest absolute Gasteiger partial charge is 1.00 e. The molecule has 0 aromatic heterocycles. The number of hydrogen-bond acceptors (Lipinski definition) is 2. The molecule has 4 saturated carbocycles. The van der Waals surface area contributed by atoms with Crippen LogP contribution < -0.4 is 39.4 Å². The van der Waals surface area contributed by atoms with E-state index in [0.29, 0.717) is 0 Å². The van der Waals surface area contributed by atoms with E-state index in [1.54, 1.807) is 4.90 Å². The number of hydrogen-bond donors (Lipinski definition) is 0. The summed E-state index contributed by atoms with van der Waals surface area (Å²) >= 11 is 0. The number of carbonyl (C=O) groups is 2. The van der Waals surface area contributed by atoms with Gasteiger partial charge in [0, 0.05) is 12.2 Å². The largest absolute Gasteiger partial charge is 1.00 e. The summed E-state index contributed by atoms with van der Waals surface area (Å²) in [5, 5.41) is 0. The zero-order valence-corrected chi connectivity index (χ0v) is 20.3. The van der Waals surface area contributed by atoms with Crippen molar-refractivity contribution < 1.29 is 40.6 Å². The fraction of sp³-hybridized carbons (Fsp3) is 0.462. The van der Waals surface area contributed by atoms with Gasteiger partial charge in [0.05, 0.1) is 11.4 Å². The van der Waals surface area contributed by atoms with E-state index in [1.165, 1.54) is 38.5 Å². The summed E-state index contributed by atoms with van der Waals surface area (Å²) in [6, 6.07) is 17.6. The van der Waals surface area contributed by atoms with E-state index in [1.807, 2.05) is 59.5 Å². The van der Waals surface area contributed by atoms with Crippen molar-refractivity contribution in [3.63, 3.8) is 0 Å². The van der Waals surface area contributed by atoms with Crippen LogP contribution in [0.15, 0.2) is 54.6 Å². The molecule has 2 amide bonds. The zero-order valence-electron chi connectivity index (χ0n) is 19.3. The van der Waals surface area contributed by atoms with Crippen molar-refractivity contribution >= 4 is 28.9 Å². The summed E-state index contributed by atoms with van der Waals surface area (Å²) in [6.45, 7) is 0.766. The summed E-state index contributed by atoms with van der Waals surface area (Å²) in [4.78, 5) is 30.2. The normalized spacial score (nSPS) is 31.3. The maximum Gasteiger partial charge on any atom is 1.00 e. The van der Waals surface area contributed by atoms with Gasteiger partial charge >= 0.3 is 29.6 Å². The monoisotopic (exact) mass is 424 g/mol. The number of para-hydroxylation sites is 3. The molecule has 2 aromatic carbocycles. The van der Waals surface area contributed by atoms with E-state index < -0.39 is 0 Å². The fourth-order valence-electron chi connectivity index (χ4n) is 7.31. The third kappa shape index (κ3) is 3.67. The number of amides is 2. The maximum atomic E-state index is 13.4. The van der Waals surface area contributed by atoms with Crippen molar-refractivity contribution in [3.05, 3.63) is 54.6 Å². The molecule has 0 saturated heterocycles. The predicted molar refractivity (Wildman–Crippen MR) is 119 cm³/mol. The molecule has 5 heteroatoms. The average Bonchev–Trinajstić information content (AvgIpc) is 2.82. The number of carbonyl (C=O) groups excluding carboxylic acids is 2. The van der Waals surface area contributed by atoms with E-state index in [2.05, 4.69) is 0 Å². The van der Waals surface area contributed by atoms with Gasteiger partial charge in [0.2, 0.25) is 11.8 Å². The standard InChI is InChI=1S/C26H28N2O2.Na.H/c29-24-13-25(30)28(21-6-2-1-3-7-21)23-9-5-4-8-22(23)27(24)17-26-14-18-10-19(15-26)12-20(11-18)16-26;;/h1-9,18-20H,10-17H2;;/q;+1;-1. The molecule has 0 N–H and O–H groups in total. The van der Waals surface area contributed by atoms with Crippen LogP contribution in [0, 0.1) is 23.2 Å². The number of benzene rings is 2. The van der Waals surface area contributed by atoms with Gasteiger partial charge in [-0.2, -0.15) is 0 Å². The Morgan fingerprint density at radius 3 is 1.94 bits per heavy atom. The molecule has 4 nitrogen and oxygen atoms in total. The summed E-state index contributed by atoms with van der Waals surface area (Å²) in [5.74, 6) is 2.33. The summed E-state index contributed by atoms with van der Waals surface area (Å²) < 4.78 is 0. The molecule has 0 spiro atoms. The molecular formula is C26H29N2NaO2.